The average Bonchev–Trinajstić information content (AvgIpc) is 2.56. The van der Waals surface area contributed by atoms with Gasteiger partial charge in [0.15, 0.2) is 0 Å². The molecule has 0 spiro atoms. The summed E-state index contributed by atoms with van der Waals surface area (Å²) < 4.78 is 26.7. The minimum Gasteiger partial charge on any atom is -0.346 e. The van der Waals surface area contributed by atoms with Crippen LogP contribution in [0.5, 0.6) is 0 Å². The largest absolute Gasteiger partial charge is 0.346 e. The fourth-order valence-corrected chi connectivity index (χ4v) is 2.96. The van der Waals surface area contributed by atoms with E-state index < -0.39 is 17.7 Å². The third-order valence-corrected chi connectivity index (χ3v) is 4.17. The predicted octanol–water partition coefficient (Wildman–Crippen LogP) is 3.52. The van der Waals surface area contributed by atoms with Crippen molar-refractivity contribution in [1.82, 2.24) is 10.2 Å². The number of rotatable bonds is 5. The highest BCUT2D eigenvalue weighted by Gasteiger charge is 2.35. The number of allylic oxidation sites excluding steroid dienone is 1. The third kappa shape index (κ3) is 6.98. The Morgan fingerprint density at radius 2 is 2.00 bits per heavy atom. The van der Waals surface area contributed by atoms with Crippen molar-refractivity contribution in [3.63, 3.8) is 0 Å². The van der Waals surface area contributed by atoms with Crippen LogP contribution in [-0.2, 0) is 9.59 Å². The Hall–Kier alpha value is -1.80. The predicted molar refractivity (Wildman–Crippen MR) is 118 cm³/mol. The Morgan fingerprint density at radius 1 is 1.32 bits per heavy atom. The second-order valence-electron chi connectivity index (χ2n) is 6.78. The molecule has 4 nitrogen and oxygen atoms in total. The molecule has 1 aliphatic heterocycles. The number of hydrogen-bond donors (Lipinski definition) is 1. The smallest absolute Gasteiger partial charge is 0.247 e. The summed E-state index contributed by atoms with van der Waals surface area (Å²) in [5, 5.41) is 2.90. The zero-order valence-corrected chi connectivity index (χ0v) is 18.2. The first-order valence-corrected chi connectivity index (χ1v) is 8.68. The van der Waals surface area contributed by atoms with Crippen LogP contribution in [0.2, 0.25) is 0 Å². The summed E-state index contributed by atoms with van der Waals surface area (Å²) in [6.45, 7) is 6.16. The van der Waals surface area contributed by atoms with Crippen LogP contribution >= 0.6 is 27.0 Å². The number of hydrogen-bond acceptors (Lipinski definition) is 2. The fourth-order valence-electron chi connectivity index (χ4n) is 2.96. The van der Waals surface area contributed by atoms with Gasteiger partial charge in [-0.15, -0.1) is 0 Å². The summed E-state index contributed by atoms with van der Waals surface area (Å²) in [7, 11) is 0. The second kappa shape index (κ2) is 11.9. The van der Waals surface area contributed by atoms with E-state index in [4.69, 9.17) is 0 Å². The van der Waals surface area contributed by atoms with Crippen LogP contribution < -0.4 is 5.32 Å². The lowest BCUT2D eigenvalue weighted by molar-refractivity contribution is -0.141. The molecule has 1 aromatic carbocycles. The summed E-state index contributed by atoms with van der Waals surface area (Å²) in [5.74, 6) is -1.75. The Bertz CT molecular complexity index is 739. The Kier molecular flexibility index (Phi) is 11.1. The highest BCUT2D eigenvalue weighted by atomic mass is 32.1. The van der Waals surface area contributed by atoms with E-state index in [1.165, 1.54) is 23.1 Å². The van der Waals surface area contributed by atoms with Crippen LogP contribution in [0.15, 0.2) is 36.4 Å². The highest BCUT2D eigenvalue weighted by molar-refractivity contribution is 7.59. The molecule has 0 bridgehead atoms. The molecule has 2 amide bonds. The molecule has 0 unspecified atom stereocenters. The standard InChI is InChI=1S/C20H24F2N2O2.2H2S/c1-4-5-16-12-24(18(10-13(2)3)20(26)23-16)19(25)9-7-14-6-8-15(21)11-17(14)22;;/h4-9,11,13,16,18H,10,12H2,1-3H3,(H,23,26);2*1H2/b5-4+,9-7+;;/t16-,18-;;/m0../s1. The van der Waals surface area contributed by atoms with Gasteiger partial charge in [0.2, 0.25) is 11.8 Å². The quantitative estimate of drug-likeness (QED) is 0.574. The van der Waals surface area contributed by atoms with Gasteiger partial charge in [0.25, 0.3) is 0 Å². The molecule has 156 valence electrons. The first-order valence-electron chi connectivity index (χ1n) is 8.68. The molecule has 0 radical (unpaired) electrons. The zero-order valence-electron chi connectivity index (χ0n) is 16.2. The van der Waals surface area contributed by atoms with E-state index in [-0.39, 0.29) is 56.3 Å². The minimum absolute atomic E-state index is 0. The number of carbonyl (C=O) groups excluding carboxylic acids is 2. The maximum absolute atomic E-state index is 13.7. The van der Waals surface area contributed by atoms with Gasteiger partial charge >= 0.3 is 0 Å². The minimum atomic E-state index is -0.740. The molecule has 1 N–H and O–H groups in total. The van der Waals surface area contributed by atoms with Gasteiger partial charge in [0.1, 0.15) is 17.7 Å². The van der Waals surface area contributed by atoms with Gasteiger partial charge in [-0.2, -0.15) is 27.0 Å². The third-order valence-electron chi connectivity index (χ3n) is 4.17. The van der Waals surface area contributed by atoms with Crippen molar-refractivity contribution in [2.24, 2.45) is 5.92 Å². The van der Waals surface area contributed by atoms with Crippen LogP contribution in [0.4, 0.5) is 8.78 Å². The van der Waals surface area contributed by atoms with E-state index in [0.717, 1.165) is 12.1 Å². The topological polar surface area (TPSA) is 49.4 Å². The number of benzene rings is 1. The highest BCUT2D eigenvalue weighted by Crippen LogP contribution is 2.18. The van der Waals surface area contributed by atoms with Gasteiger partial charge in [-0.05, 0) is 37.5 Å². The van der Waals surface area contributed by atoms with Crippen LogP contribution in [0.3, 0.4) is 0 Å². The molecule has 1 fully saturated rings. The Labute approximate surface area is 179 Å². The van der Waals surface area contributed by atoms with Crippen LogP contribution in [0, 0.1) is 17.6 Å². The number of nitrogens with one attached hydrogen (secondary N) is 1. The molecule has 0 aromatic heterocycles. The molecule has 2 atom stereocenters. The van der Waals surface area contributed by atoms with Crippen molar-refractivity contribution >= 4 is 44.9 Å². The molecule has 0 saturated carbocycles. The van der Waals surface area contributed by atoms with E-state index in [2.05, 4.69) is 5.32 Å². The van der Waals surface area contributed by atoms with Crippen molar-refractivity contribution in [1.29, 1.82) is 0 Å². The van der Waals surface area contributed by atoms with Gasteiger partial charge in [0.05, 0.1) is 6.04 Å². The molecule has 28 heavy (non-hydrogen) atoms. The normalized spacial score (nSPS) is 19.5. The van der Waals surface area contributed by atoms with E-state index >= 15 is 0 Å². The zero-order chi connectivity index (χ0) is 19.3. The molecule has 2 rings (SSSR count). The lowest BCUT2D eigenvalue weighted by Gasteiger charge is -2.38. The fraction of sp³-hybridized carbons (Fsp3) is 0.400. The SMILES string of the molecule is C/C=C/[C@H]1CN(C(=O)/C=C/c2ccc(F)cc2F)[C@@H](CC(C)C)C(=O)N1.S.S. The lowest BCUT2D eigenvalue weighted by Crippen LogP contribution is -2.61. The summed E-state index contributed by atoms with van der Waals surface area (Å²) in [4.78, 5) is 26.6. The van der Waals surface area contributed by atoms with E-state index in [1.54, 1.807) is 0 Å². The van der Waals surface area contributed by atoms with Crippen LogP contribution in [0.1, 0.15) is 32.8 Å². The first-order chi connectivity index (χ1) is 12.3. The number of carbonyl (C=O) groups is 2. The molecule has 1 aromatic rings. The summed E-state index contributed by atoms with van der Waals surface area (Å²) >= 11 is 0. The molecule has 0 aliphatic carbocycles. The van der Waals surface area contributed by atoms with E-state index in [0.29, 0.717) is 13.0 Å². The maximum Gasteiger partial charge on any atom is 0.247 e. The molecule has 1 aliphatic rings. The van der Waals surface area contributed by atoms with Crippen molar-refractivity contribution in [2.45, 2.75) is 39.3 Å². The van der Waals surface area contributed by atoms with Gasteiger partial charge in [-0.25, -0.2) is 8.78 Å². The number of piperazine rings is 1. The molecular formula is C20H28F2N2O2S2. The van der Waals surface area contributed by atoms with Crippen molar-refractivity contribution in [3.05, 3.63) is 53.6 Å². The average molecular weight is 431 g/mol. The monoisotopic (exact) mass is 430 g/mol. The molecule has 1 heterocycles. The Balaban J connectivity index is 0.00000364. The Morgan fingerprint density at radius 3 is 2.57 bits per heavy atom. The first kappa shape index (κ1) is 26.2. The van der Waals surface area contributed by atoms with Gasteiger partial charge in [-0.1, -0.05) is 26.0 Å². The molecule has 8 heteroatoms. The van der Waals surface area contributed by atoms with Crippen molar-refractivity contribution < 1.29 is 18.4 Å². The van der Waals surface area contributed by atoms with Crippen LogP contribution in [-0.4, -0.2) is 35.3 Å². The number of halogens is 2. The van der Waals surface area contributed by atoms with Crippen molar-refractivity contribution in [2.75, 3.05) is 6.54 Å². The summed E-state index contributed by atoms with van der Waals surface area (Å²) in [6, 6.07) is 2.35. The maximum atomic E-state index is 13.7. The lowest BCUT2D eigenvalue weighted by atomic mass is 9.98. The molecule has 1 saturated heterocycles. The second-order valence-corrected chi connectivity index (χ2v) is 6.78. The van der Waals surface area contributed by atoms with Gasteiger partial charge < -0.3 is 10.2 Å². The van der Waals surface area contributed by atoms with E-state index in [9.17, 15) is 18.4 Å². The number of amides is 2. The molecular weight excluding hydrogens is 402 g/mol. The van der Waals surface area contributed by atoms with E-state index in [1.807, 2.05) is 32.9 Å². The van der Waals surface area contributed by atoms with Gasteiger partial charge in [-0.3, -0.25) is 9.59 Å². The number of nitrogens with zero attached hydrogens (tertiary/aromatic N) is 1. The summed E-state index contributed by atoms with van der Waals surface area (Å²) in [5.41, 5.74) is 0.117. The van der Waals surface area contributed by atoms with Gasteiger partial charge in [0, 0.05) is 24.3 Å². The van der Waals surface area contributed by atoms with Crippen molar-refractivity contribution in [3.8, 4) is 0 Å². The van der Waals surface area contributed by atoms with Crippen LogP contribution in [0.25, 0.3) is 6.08 Å². The summed E-state index contributed by atoms with van der Waals surface area (Å²) in [6.07, 6.45) is 6.72.